The number of aromatic hydroxyl groups is 1. The van der Waals surface area contributed by atoms with Crippen LogP contribution in [-0.4, -0.2) is 11.4 Å². The minimum absolute atomic E-state index is 0.390. The van der Waals surface area contributed by atoms with Gasteiger partial charge in [-0.25, -0.2) is 0 Å². The topological polar surface area (TPSA) is 20.2 Å². The first-order chi connectivity index (χ1) is 7.51. The van der Waals surface area contributed by atoms with Crippen molar-refractivity contribution in [2.75, 3.05) is 6.26 Å². The van der Waals surface area contributed by atoms with Gasteiger partial charge < -0.3 is 5.11 Å². The summed E-state index contributed by atoms with van der Waals surface area (Å²) in [7, 11) is 0. The Hall–Kier alpha value is -0.630. The summed E-state index contributed by atoms with van der Waals surface area (Å²) >= 11 is 1.89. The highest BCUT2D eigenvalue weighted by Crippen LogP contribution is 2.38. The standard InChI is InChI=1S/C14H22OS/c1-6-13(16-5)14-10(4)7-11(15)8-12(14)9(2)3/h7-9,13,15H,6H2,1-5H3. The average molecular weight is 238 g/mol. The van der Waals surface area contributed by atoms with Crippen molar-refractivity contribution in [3.8, 4) is 5.75 Å². The van der Waals surface area contributed by atoms with E-state index in [-0.39, 0.29) is 0 Å². The zero-order valence-corrected chi connectivity index (χ0v) is 11.7. The SMILES string of the molecule is CCC(SC)c1c(C)cc(O)cc1C(C)C. The summed E-state index contributed by atoms with van der Waals surface area (Å²) in [6.45, 7) is 8.69. The van der Waals surface area contributed by atoms with Gasteiger partial charge in [-0.15, -0.1) is 0 Å². The molecule has 1 aromatic carbocycles. The third-order valence-electron chi connectivity index (χ3n) is 3.00. The molecule has 2 heteroatoms. The van der Waals surface area contributed by atoms with Crippen molar-refractivity contribution in [2.45, 2.75) is 45.3 Å². The molecular formula is C14H22OS. The molecule has 0 heterocycles. The van der Waals surface area contributed by atoms with Gasteiger partial charge in [-0.3, -0.25) is 0 Å². The van der Waals surface area contributed by atoms with Crippen LogP contribution in [0.3, 0.4) is 0 Å². The smallest absolute Gasteiger partial charge is 0.116 e. The summed E-state index contributed by atoms with van der Waals surface area (Å²) in [6.07, 6.45) is 3.29. The van der Waals surface area contributed by atoms with E-state index in [1.165, 1.54) is 16.7 Å². The lowest BCUT2D eigenvalue weighted by Gasteiger charge is -2.22. The summed E-state index contributed by atoms with van der Waals surface area (Å²) in [4.78, 5) is 0. The maximum absolute atomic E-state index is 9.69. The van der Waals surface area contributed by atoms with Gasteiger partial charge in [0.05, 0.1) is 0 Å². The molecule has 0 radical (unpaired) electrons. The van der Waals surface area contributed by atoms with E-state index in [4.69, 9.17) is 0 Å². The first kappa shape index (κ1) is 13.4. The molecule has 0 saturated heterocycles. The van der Waals surface area contributed by atoms with Crippen molar-refractivity contribution in [1.82, 2.24) is 0 Å². The van der Waals surface area contributed by atoms with Crippen LogP contribution in [0.15, 0.2) is 12.1 Å². The Morgan fingerprint density at radius 2 is 1.94 bits per heavy atom. The van der Waals surface area contributed by atoms with Crippen LogP contribution in [0.5, 0.6) is 5.75 Å². The lowest BCUT2D eigenvalue weighted by Crippen LogP contribution is -2.03. The van der Waals surface area contributed by atoms with Gasteiger partial charge in [-0.2, -0.15) is 11.8 Å². The van der Waals surface area contributed by atoms with E-state index in [1.54, 1.807) is 0 Å². The quantitative estimate of drug-likeness (QED) is 0.824. The van der Waals surface area contributed by atoms with Gasteiger partial charge in [0.2, 0.25) is 0 Å². The van der Waals surface area contributed by atoms with Gasteiger partial charge in [0.1, 0.15) is 5.75 Å². The number of thioether (sulfide) groups is 1. The maximum Gasteiger partial charge on any atom is 0.116 e. The lowest BCUT2D eigenvalue weighted by atomic mass is 9.90. The Balaban J connectivity index is 3.34. The Morgan fingerprint density at radius 1 is 1.31 bits per heavy atom. The van der Waals surface area contributed by atoms with E-state index < -0.39 is 0 Å². The fourth-order valence-electron chi connectivity index (χ4n) is 2.21. The second-order valence-corrected chi connectivity index (χ2v) is 5.59. The predicted molar refractivity (Wildman–Crippen MR) is 73.5 cm³/mol. The van der Waals surface area contributed by atoms with Crippen molar-refractivity contribution in [3.05, 3.63) is 28.8 Å². The molecule has 90 valence electrons. The predicted octanol–water partition coefficient (Wildman–Crippen LogP) is 4.64. The van der Waals surface area contributed by atoms with Crippen LogP contribution in [0.25, 0.3) is 0 Å². The lowest BCUT2D eigenvalue weighted by molar-refractivity contribution is 0.473. The van der Waals surface area contributed by atoms with Gasteiger partial charge >= 0.3 is 0 Å². The van der Waals surface area contributed by atoms with Crippen molar-refractivity contribution in [2.24, 2.45) is 0 Å². The number of aryl methyl sites for hydroxylation is 1. The molecule has 0 aliphatic rings. The summed E-state index contributed by atoms with van der Waals surface area (Å²) in [6, 6.07) is 3.80. The highest BCUT2D eigenvalue weighted by molar-refractivity contribution is 7.98. The van der Waals surface area contributed by atoms with Crippen LogP contribution in [0, 0.1) is 6.92 Å². The maximum atomic E-state index is 9.69. The zero-order valence-electron chi connectivity index (χ0n) is 10.9. The van der Waals surface area contributed by atoms with Gasteiger partial charge in [0.25, 0.3) is 0 Å². The molecule has 1 rings (SSSR count). The molecule has 0 aliphatic heterocycles. The highest BCUT2D eigenvalue weighted by Gasteiger charge is 2.18. The Labute approximate surface area is 103 Å². The molecule has 1 nitrogen and oxygen atoms in total. The highest BCUT2D eigenvalue weighted by atomic mass is 32.2. The van der Waals surface area contributed by atoms with Crippen LogP contribution < -0.4 is 0 Å². The van der Waals surface area contributed by atoms with Crippen LogP contribution in [0.4, 0.5) is 0 Å². The molecule has 1 unspecified atom stereocenters. The number of phenolic OH excluding ortho intramolecular Hbond substituents is 1. The zero-order chi connectivity index (χ0) is 12.3. The molecule has 0 aliphatic carbocycles. The van der Waals surface area contributed by atoms with Crippen LogP contribution in [0.2, 0.25) is 0 Å². The third-order valence-corrected chi connectivity index (χ3v) is 4.14. The minimum Gasteiger partial charge on any atom is -0.508 e. The molecule has 0 fully saturated rings. The van der Waals surface area contributed by atoms with Crippen LogP contribution >= 0.6 is 11.8 Å². The molecule has 1 aromatic rings. The monoisotopic (exact) mass is 238 g/mol. The average Bonchev–Trinajstić information content (AvgIpc) is 2.21. The molecule has 0 aromatic heterocycles. The largest absolute Gasteiger partial charge is 0.508 e. The van der Waals surface area contributed by atoms with E-state index in [1.807, 2.05) is 23.9 Å². The first-order valence-corrected chi connectivity index (χ1v) is 7.16. The molecule has 1 atom stereocenters. The Kier molecular flexibility index (Phi) is 4.72. The van der Waals surface area contributed by atoms with Crippen molar-refractivity contribution in [3.63, 3.8) is 0 Å². The Bertz CT molecular complexity index is 354. The third kappa shape index (κ3) is 2.73. The Morgan fingerprint density at radius 3 is 2.38 bits per heavy atom. The number of hydrogen-bond acceptors (Lipinski definition) is 2. The number of benzene rings is 1. The van der Waals surface area contributed by atoms with Crippen LogP contribution in [-0.2, 0) is 0 Å². The molecule has 0 amide bonds. The molecular weight excluding hydrogens is 216 g/mol. The van der Waals surface area contributed by atoms with Crippen molar-refractivity contribution >= 4 is 11.8 Å². The van der Waals surface area contributed by atoms with E-state index >= 15 is 0 Å². The fourth-order valence-corrected chi connectivity index (χ4v) is 3.10. The summed E-state index contributed by atoms with van der Waals surface area (Å²) < 4.78 is 0. The van der Waals surface area contributed by atoms with Gasteiger partial charge in [0, 0.05) is 5.25 Å². The van der Waals surface area contributed by atoms with E-state index in [2.05, 4.69) is 34.0 Å². The van der Waals surface area contributed by atoms with Crippen molar-refractivity contribution < 1.29 is 5.11 Å². The summed E-state index contributed by atoms with van der Waals surface area (Å²) in [5.74, 6) is 0.850. The van der Waals surface area contributed by atoms with Crippen LogP contribution in [0.1, 0.15) is 55.1 Å². The number of phenols is 1. The van der Waals surface area contributed by atoms with Gasteiger partial charge in [0.15, 0.2) is 0 Å². The molecule has 16 heavy (non-hydrogen) atoms. The molecule has 0 bridgehead atoms. The first-order valence-electron chi connectivity index (χ1n) is 5.87. The van der Waals surface area contributed by atoms with Gasteiger partial charge in [-0.1, -0.05) is 20.8 Å². The van der Waals surface area contributed by atoms with E-state index in [9.17, 15) is 5.11 Å². The summed E-state index contributed by atoms with van der Waals surface area (Å²) in [5, 5.41) is 10.2. The normalized spacial score (nSPS) is 13.1. The summed E-state index contributed by atoms with van der Waals surface area (Å²) in [5.41, 5.74) is 3.92. The fraction of sp³-hybridized carbons (Fsp3) is 0.571. The molecule has 0 spiro atoms. The second kappa shape index (κ2) is 5.62. The number of rotatable bonds is 4. The van der Waals surface area contributed by atoms with Gasteiger partial charge in [-0.05, 0) is 54.3 Å². The second-order valence-electron chi connectivity index (χ2n) is 4.55. The minimum atomic E-state index is 0.390. The van der Waals surface area contributed by atoms with E-state index in [0.29, 0.717) is 16.9 Å². The number of hydrogen-bond donors (Lipinski definition) is 1. The van der Waals surface area contributed by atoms with Crippen molar-refractivity contribution in [1.29, 1.82) is 0 Å². The van der Waals surface area contributed by atoms with E-state index in [0.717, 1.165) is 6.42 Å². The molecule has 0 saturated carbocycles. The molecule has 1 N–H and O–H groups in total.